The van der Waals surface area contributed by atoms with Crippen LogP contribution in [0.3, 0.4) is 0 Å². The zero-order valence-corrected chi connectivity index (χ0v) is 13.7. The summed E-state index contributed by atoms with van der Waals surface area (Å²) < 4.78 is 27.2. The van der Waals surface area contributed by atoms with Crippen LogP contribution in [0.15, 0.2) is 54.7 Å². The van der Waals surface area contributed by atoms with Gasteiger partial charge in [-0.25, -0.2) is 8.78 Å². The van der Waals surface area contributed by atoms with Crippen LogP contribution in [0, 0.1) is 11.6 Å². The van der Waals surface area contributed by atoms with Gasteiger partial charge in [-0.1, -0.05) is 0 Å². The summed E-state index contributed by atoms with van der Waals surface area (Å²) in [5, 5.41) is 9.14. The number of nitrogens with one attached hydrogen (secondary N) is 2. The van der Waals surface area contributed by atoms with Crippen molar-refractivity contribution in [3.63, 3.8) is 0 Å². The lowest BCUT2D eigenvalue weighted by Crippen LogP contribution is -2.19. The van der Waals surface area contributed by atoms with Gasteiger partial charge < -0.3 is 10.6 Å². The molecule has 0 radical (unpaired) electrons. The molecular formula is C18H14F2N4O2. The van der Waals surface area contributed by atoms with E-state index in [4.69, 9.17) is 0 Å². The number of halogens is 2. The Morgan fingerprint density at radius 1 is 0.846 bits per heavy atom. The average Bonchev–Trinajstić information content (AvgIpc) is 3.01. The van der Waals surface area contributed by atoms with E-state index < -0.39 is 23.4 Å². The van der Waals surface area contributed by atoms with Crippen LogP contribution in [0.4, 0.5) is 20.2 Å². The molecule has 0 unspecified atom stereocenters. The number of carbonyl (C=O) groups excluding carboxylic acids is 2. The van der Waals surface area contributed by atoms with E-state index in [0.717, 1.165) is 0 Å². The van der Waals surface area contributed by atoms with Gasteiger partial charge in [-0.3, -0.25) is 14.3 Å². The first-order chi connectivity index (χ1) is 12.4. The van der Waals surface area contributed by atoms with Gasteiger partial charge in [-0.05, 0) is 48.5 Å². The molecule has 0 saturated carbocycles. The van der Waals surface area contributed by atoms with E-state index in [1.165, 1.54) is 59.4 Å². The van der Waals surface area contributed by atoms with E-state index in [9.17, 15) is 18.4 Å². The molecule has 0 aliphatic carbocycles. The molecule has 2 aromatic carbocycles. The Balaban J connectivity index is 1.80. The minimum absolute atomic E-state index is 0.0523. The van der Waals surface area contributed by atoms with E-state index in [1.807, 2.05) is 0 Å². The number of aryl methyl sites for hydroxylation is 1. The van der Waals surface area contributed by atoms with Gasteiger partial charge in [-0.2, -0.15) is 5.10 Å². The van der Waals surface area contributed by atoms with Crippen LogP contribution < -0.4 is 10.6 Å². The Morgan fingerprint density at radius 3 is 1.81 bits per heavy atom. The van der Waals surface area contributed by atoms with Crippen LogP contribution in [0.1, 0.15) is 20.8 Å². The molecule has 0 aliphatic heterocycles. The van der Waals surface area contributed by atoms with E-state index in [2.05, 4.69) is 15.7 Å². The molecule has 0 aliphatic rings. The second kappa shape index (κ2) is 7.14. The average molecular weight is 356 g/mol. The SMILES string of the molecule is Cn1cc(C(=O)Nc2ccc(F)cc2)c(C(=O)Nc2ccc(F)cc2)n1. The number of hydrogen-bond donors (Lipinski definition) is 2. The molecule has 6 nitrogen and oxygen atoms in total. The van der Waals surface area contributed by atoms with Crippen molar-refractivity contribution in [3.8, 4) is 0 Å². The molecule has 0 saturated heterocycles. The Kier molecular flexibility index (Phi) is 4.74. The maximum atomic E-state index is 12.9. The minimum Gasteiger partial charge on any atom is -0.322 e. The predicted molar refractivity (Wildman–Crippen MR) is 91.9 cm³/mol. The van der Waals surface area contributed by atoms with Crippen molar-refractivity contribution in [2.45, 2.75) is 0 Å². The molecule has 3 rings (SSSR count). The molecule has 1 heterocycles. The van der Waals surface area contributed by atoms with Crippen LogP contribution >= 0.6 is 0 Å². The summed E-state index contributed by atoms with van der Waals surface area (Å²) >= 11 is 0. The van der Waals surface area contributed by atoms with Crippen molar-refractivity contribution in [2.75, 3.05) is 10.6 Å². The third-order valence-electron chi connectivity index (χ3n) is 3.49. The summed E-state index contributed by atoms with van der Waals surface area (Å²) in [6.45, 7) is 0. The zero-order chi connectivity index (χ0) is 18.7. The first-order valence-corrected chi connectivity index (χ1v) is 7.60. The smallest absolute Gasteiger partial charge is 0.276 e. The van der Waals surface area contributed by atoms with E-state index in [-0.39, 0.29) is 11.3 Å². The van der Waals surface area contributed by atoms with Gasteiger partial charge in [0, 0.05) is 24.6 Å². The van der Waals surface area contributed by atoms with Crippen molar-refractivity contribution in [1.82, 2.24) is 9.78 Å². The van der Waals surface area contributed by atoms with Crippen molar-refractivity contribution in [1.29, 1.82) is 0 Å². The second-order valence-electron chi connectivity index (χ2n) is 5.49. The van der Waals surface area contributed by atoms with Crippen LogP contribution in [0.25, 0.3) is 0 Å². The standard InChI is InChI=1S/C18H14F2N4O2/c1-24-10-15(17(25)21-13-6-2-11(19)3-7-13)16(23-24)18(26)22-14-8-4-12(20)5-9-14/h2-10H,1H3,(H,21,25)(H,22,26). The molecule has 0 bridgehead atoms. The van der Waals surface area contributed by atoms with E-state index >= 15 is 0 Å². The summed E-state index contributed by atoms with van der Waals surface area (Å²) in [7, 11) is 1.57. The molecule has 132 valence electrons. The lowest BCUT2D eigenvalue weighted by atomic mass is 10.2. The summed E-state index contributed by atoms with van der Waals surface area (Å²) in [4.78, 5) is 24.9. The highest BCUT2D eigenvalue weighted by atomic mass is 19.1. The summed E-state index contributed by atoms with van der Waals surface area (Å²) in [5.41, 5.74) is 0.713. The summed E-state index contributed by atoms with van der Waals surface area (Å²) in [6, 6.07) is 10.4. The van der Waals surface area contributed by atoms with Crippen LogP contribution in [0.2, 0.25) is 0 Å². The predicted octanol–water partition coefficient (Wildman–Crippen LogP) is 3.20. The Labute approximate surface area is 147 Å². The van der Waals surface area contributed by atoms with Crippen molar-refractivity contribution >= 4 is 23.2 Å². The topological polar surface area (TPSA) is 76.0 Å². The maximum absolute atomic E-state index is 12.9. The highest BCUT2D eigenvalue weighted by Gasteiger charge is 2.22. The van der Waals surface area contributed by atoms with E-state index in [1.54, 1.807) is 7.05 Å². The molecule has 0 fully saturated rings. The molecule has 8 heteroatoms. The normalized spacial score (nSPS) is 10.4. The number of aromatic nitrogens is 2. The fourth-order valence-electron chi connectivity index (χ4n) is 2.28. The quantitative estimate of drug-likeness (QED) is 0.754. The van der Waals surface area contributed by atoms with Gasteiger partial charge in [0.05, 0.1) is 5.56 Å². The van der Waals surface area contributed by atoms with Gasteiger partial charge in [0.1, 0.15) is 11.6 Å². The first kappa shape index (κ1) is 17.3. The summed E-state index contributed by atoms with van der Waals surface area (Å²) in [5.74, 6) is -2.03. The molecule has 3 aromatic rings. The first-order valence-electron chi connectivity index (χ1n) is 7.60. The fraction of sp³-hybridized carbons (Fsp3) is 0.0556. The molecule has 2 N–H and O–H groups in total. The zero-order valence-electron chi connectivity index (χ0n) is 13.7. The third kappa shape index (κ3) is 3.92. The van der Waals surface area contributed by atoms with Gasteiger partial charge in [0.2, 0.25) is 0 Å². The number of benzene rings is 2. The van der Waals surface area contributed by atoms with Crippen LogP contribution in [0.5, 0.6) is 0 Å². The summed E-state index contributed by atoms with van der Waals surface area (Å²) in [6.07, 6.45) is 1.40. The number of rotatable bonds is 4. The van der Waals surface area contributed by atoms with Crippen molar-refractivity contribution in [3.05, 3.63) is 77.6 Å². The molecule has 0 spiro atoms. The Hall–Kier alpha value is -3.55. The van der Waals surface area contributed by atoms with Crippen LogP contribution in [-0.2, 0) is 7.05 Å². The molecular weight excluding hydrogens is 342 g/mol. The van der Waals surface area contributed by atoms with Gasteiger partial charge in [-0.15, -0.1) is 0 Å². The van der Waals surface area contributed by atoms with Gasteiger partial charge >= 0.3 is 0 Å². The number of amides is 2. The molecule has 2 amide bonds. The number of anilines is 2. The maximum Gasteiger partial charge on any atom is 0.276 e. The van der Waals surface area contributed by atoms with Crippen molar-refractivity contribution < 1.29 is 18.4 Å². The second-order valence-corrected chi connectivity index (χ2v) is 5.49. The number of nitrogens with zero attached hydrogens (tertiary/aromatic N) is 2. The van der Waals surface area contributed by atoms with E-state index in [0.29, 0.717) is 11.4 Å². The molecule has 26 heavy (non-hydrogen) atoms. The minimum atomic E-state index is -0.610. The van der Waals surface area contributed by atoms with Gasteiger partial charge in [0.25, 0.3) is 11.8 Å². The van der Waals surface area contributed by atoms with Gasteiger partial charge in [0.15, 0.2) is 5.69 Å². The van der Waals surface area contributed by atoms with Crippen LogP contribution in [-0.4, -0.2) is 21.6 Å². The Bertz CT molecular complexity index is 873. The molecule has 0 atom stereocenters. The Morgan fingerprint density at radius 2 is 1.31 bits per heavy atom. The highest BCUT2D eigenvalue weighted by Crippen LogP contribution is 2.15. The lowest BCUT2D eigenvalue weighted by Gasteiger charge is -2.06. The largest absolute Gasteiger partial charge is 0.322 e. The highest BCUT2D eigenvalue weighted by molar-refractivity contribution is 6.14. The fourth-order valence-corrected chi connectivity index (χ4v) is 2.28. The van der Waals surface area contributed by atoms with Crippen molar-refractivity contribution in [2.24, 2.45) is 7.05 Å². The third-order valence-corrected chi connectivity index (χ3v) is 3.49. The number of carbonyl (C=O) groups is 2. The monoisotopic (exact) mass is 356 g/mol. The number of hydrogen-bond acceptors (Lipinski definition) is 3. The molecule has 1 aromatic heterocycles. The lowest BCUT2D eigenvalue weighted by molar-refractivity contribution is 0.0988.